The number of likely N-dealkylation sites (tertiary alicyclic amines) is 1. The molecule has 0 spiro atoms. The summed E-state index contributed by atoms with van der Waals surface area (Å²) in [6.07, 6.45) is 2.17. The van der Waals surface area contributed by atoms with Gasteiger partial charge in [-0.3, -0.25) is 14.9 Å². The summed E-state index contributed by atoms with van der Waals surface area (Å²) >= 11 is 3.17. The minimum Gasteiger partial charge on any atom is -0.371 e. The topological polar surface area (TPSA) is 72.7 Å². The van der Waals surface area contributed by atoms with Gasteiger partial charge in [-0.15, -0.1) is 0 Å². The summed E-state index contributed by atoms with van der Waals surface area (Å²) in [5, 5.41) is 10.9. The summed E-state index contributed by atoms with van der Waals surface area (Å²) in [6.45, 7) is 1.12. The molecule has 20 heavy (non-hydrogen) atoms. The van der Waals surface area contributed by atoms with Gasteiger partial charge >= 0.3 is 0 Å². The highest BCUT2D eigenvalue weighted by Gasteiger charge is 2.36. The van der Waals surface area contributed by atoms with Gasteiger partial charge in [-0.2, -0.15) is 0 Å². The number of benzene rings is 1. The highest BCUT2D eigenvalue weighted by molar-refractivity contribution is 9.10. The van der Waals surface area contributed by atoms with Gasteiger partial charge in [0.2, 0.25) is 0 Å². The molecule has 3 rings (SSSR count). The molecule has 0 aliphatic carbocycles. The Kier molecular flexibility index (Phi) is 3.47. The Bertz CT molecular complexity index is 565. The van der Waals surface area contributed by atoms with Crippen molar-refractivity contribution in [2.45, 2.75) is 25.0 Å². The molecule has 0 N–H and O–H groups in total. The molecule has 7 heteroatoms. The Morgan fingerprint density at radius 1 is 1.35 bits per heavy atom. The molecule has 2 aliphatic heterocycles. The van der Waals surface area contributed by atoms with Crippen molar-refractivity contribution in [2.24, 2.45) is 0 Å². The molecule has 106 valence electrons. The van der Waals surface area contributed by atoms with Gasteiger partial charge in [0, 0.05) is 19.2 Å². The summed E-state index contributed by atoms with van der Waals surface area (Å²) in [6, 6.07) is 4.52. The molecular weight excluding hydrogens is 328 g/mol. The number of carbonyl (C=O) groups is 1. The summed E-state index contributed by atoms with van der Waals surface area (Å²) < 4.78 is 5.94. The predicted molar refractivity (Wildman–Crippen MR) is 74.6 cm³/mol. The Labute approximate surface area is 124 Å². The first-order valence-corrected chi connectivity index (χ1v) is 7.23. The number of halogens is 1. The van der Waals surface area contributed by atoms with E-state index in [1.165, 1.54) is 12.1 Å². The van der Waals surface area contributed by atoms with E-state index in [4.69, 9.17) is 4.74 Å². The Morgan fingerprint density at radius 3 is 2.60 bits per heavy atom. The van der Waals surface area contributed by atoms with Crippen molar-refractivity contribution in [3.63, 3.8) is 0 Å². The van der Waals surface area contributed by atoms with Crippen LogP contribution < -0.4 is 0 Å². The first-order chi connectivity index (χ1) is 9.56. The van der Waals surface area contributed by atoms with E-state index in [1.54, 1.807) is 11.0 Å². The fraction of sp³-hybridized carbons (Fsp3) is 0.462. The third-order valence-corrected chi connectivity index (χ3v) is 4.57. The van der Waals surface area contributed by atoms with Crippen LogP contribution in [-0.4, -0.2) is 41.0 Å². The van der Waals surface area contributed by atoms with Gasteiger partial charge in [-0.05, 0) is 34.8 Å². The van der Waals surface area contributed by atoms with E-state index in [1.807, 2.05) is 0 Å². The largest absolute Gasteiger partial charge is 0.371 e. The molecule has 2 bridgehead atoms. The molecule has 0 radical (unpaired) electrons. The number of hydrogen-bond donors (Lipinski definition) is 0. The molecule has 2 fully saturated rings. The van der Waals surface area contributed by atoms with Crippen LogP contribution in [0.15, 0.2) is 22.7 Å². The first kappa shape index (κ1) is 13.5. The third-order valence-electron chi connectivity index (χ3n) is 3.74. The van der Waals surface area contributed by atoms with Gasteiger partial charge < -0.3 is 9.64 Å². The lowest BCUT2D eigenvalue weighted by Crippen LogP contribution is -2.45. The van der Waals surface area contributed by atoms with Crippen molar-refractivity contribution in [2.75, 3.05) is 13.1 Å². The van der Waals surface area contributed by atoms with E-state index in [9.17, 15) is 14.9 Å². The average molecular weight is 341 g/mol. The lowest BCUT2D eigenvalue weighted by atomic mass is 10.1. The number of nitrogens with zero attached hydrogens (tertiary/aromatic N) is 2. The monoisotopic (exact) mass is 340 g/mol. The molecule has 2 unspecified atom stereocenters. The van der Waals surface area contributed by atoms with Gasteiger partial charge in [0.15, 0.2) is 0 Å². The van der Waals surface area contributed by atoms with Crippen LogP contribution in [0.4, 0.5) is 5.69 Å². The van der Waals surface area contributed by atoms with Crippen LogP contribution in [-0.2, 0) is 4.74 Å². The van der Waals surface area contributed by atoms with Crippen molar-refractivity contribution in [3.05, 3.63) is 38.3 Å². The fourth-order valence-corrected chi connectivity index (χ4v) is 3.36. The number of rotatable bonds is 2. The zero-order chi connectivity index (χ0) is 14.3. The zero-order valence-electron chi connectivity index (χ0n) is 10.6. The van der Waals surface area contributed by atoms with E-state index < -0.39 is 4.92 Å². The summed E-state index contributed by atoms with van der Waals surface area (Å²) in [4.78, 5) is 24.7. The number of morpholine rings is 1. The minimum absolute atomic E-state index is 0.0907. The predicted octanol–water partition coefficient (Wildman–Crippen LogP) is 2.36. The highest BCUT2D eigenvalue weighted by atomic mass is 79.9. The molecule has 1 aromatic carbocycles. The molecule has 2 atom stereocenters. The van der Waals surface area contributed by atoms with Crippen LogP contribution in [0.1, 0.15) is 23.2 Å². The number of nitro groups is 1. The van der Waals surface area contributed by atoms with Crippen LogP contribution in [0.2, 0.25) is 0 Å². The minimum atomic E-state index is -0.496. The number of amides is 1. The standard InChI is InChI=1S/C13H13BrN2O4/c14-12-10(2-1-3-11(12)16(18)19)13(17)15-6-8-4-5-9(7-15)20-8/h1-3,8-9H,4-7H2. The average Bonchev–Trinajstić information content (AvgIpc) is 2.76. The Balaban J connectivity index is 1.87. The Hall–Kier alpha value is -1.47. The molecule has 1 aromatic rings. The van der Waals surface area contributed by atoms with Crippen LogP contribution in [0, 0.1) is 10.1 Å². The SMILES string of the molecule is O=C(c1cccc([N+](=O)[O-])c1Br)N1CC2CCC(C1)O2. The molecule has 2 saturated heterocycles. The van der Waals surface area contributed by atoms with E-state index in [0.29, 0.717) is 18.7 Å². The van der Waals surface area contributed by atoms with Crippen molar-refractivity contribution < 1.29 is 14.5 Å². The molecular formula is C13H13BrN2O4. The maximum atomic E-state index is 12.5. The summed E-state index contributed by atoms with van der Waals surface area (Å²) in [5.74, 6) is -0.180. The molecule has 2 aliphatic rings. The summed E-state index contributed by atoms with van der Waals surface area (Å²) in [5.41, 5.74) is 0.243. The number of carbonyl (C=O) groups excluding carboxylic acids is 1. The zero-order valence-corrected chi connectivity index (χ0v) is 12.2. The molecule has 2 heterocycles. The third kappa shape index (κ3) is 2.31. The number of ether oxygens (including phenoxy) is 1. The van der Waals surface area contributed by atoms with Crippen molar-refractivity contribution >= 4 is 27.5 Å². The smallest absolute Gasteiger partial charge is 0.284 e. The maximum Gasteiger partial charge on any atom is 0.284 e. The lowest BCUT2D eigenvalue weighted by molar-refractivity contribution is -0.385. The van der Waals surface area contributed by atoms with Gasteiger partial charge in [0.1, 0.15) is 4.47 Å². The first-order valence-electron chi connectivity index (χ1n) is 6.44. The van der Waals surface area contributed by atoms with Crippen LogP contribution in [0.5, 0.6) is 0 Å². The highest BCUT2D eigenvalue weighted by Crippen LogP contribution is 2.31. The number of hydrogen-bond acceptors (Lipinski definition) is 4. The van der Waals surface area contributed by atoms with Gasteiger partial charge in [-0.1, -0.05) is 6.07 Å². The lowest BCUT2D eigenvalue weighted by Gasteiger charge is -2.32. The number of nitro benzene ring substituents is 1. The molecule has 1 amide bonds. The van der Waals surface area contributed by atoms with Crippen molar-refractivity contribution in [3.8, 4) is 0 Å². The second kappa shape index (κ2) is 5.14. The van der Waals surface area contributed by atoms with Crippen LogP contribution in [0.25, 0.3) is 0 Å². The maximum absolute atomic E-state index is 12.5. The van der Waals surface area contributed by atoms with E-state index in [0.717, 1.165) is 12.8 Å². The second-order valence-corrected chi connectivity index (χ2v) is 5.86. The van der Waals surface area contributed by atoms with Gasteiger partial charge in [-0.25, -0.2) is 0 Å². The second-order valence-electron chi connectivity index (χ2n) is 5.06. The molecule has 6 nitrogen and oxygen atoms in total. The van der Waals surface area contributed by atoms with Crippen LogP contribution >= 0.6 is 15.9 Å². The van der Waals surface area contributed by atoms with Gasteiger partial charge in [0.25, 0.3) is 11.6 Å². The van der Waals surface area contributed by atoms with E-state index >= 15 is 0 Å². The van der Waals surface area contributed by atoms with Gasteiger partial charge in [0.05, 0.1) is 22.7 Å². The Morgan fingerprint density at radius 2 is 2.00 bits per heavy atom. The van der Waals surface area contributed by atoms with Crippen LogP contribution in [0.3, 0.4) is 0 Å². The summed E-state index contributed by atoms with van der Waals surface area (Å²) in [7, 11) is 0. The number of fused-ring (bicyclic) bond motifs is 2. The molecule has 0 saturated carbocycles. The fourth-order valence-electron chi connectivity index (χ4n) is 2.78. The van der Waals surface area contributed by atoms with E-state index in [2.05, 4.69) is 15.9 Å². The molecule has 0 aromatic heterocycles. The normalized spacial score (nSPS) is 24.8. The van der Waals surface area contributed by atoms with E-state index in [-0.39, 0.29) is 28.3 Å². The van der Waals surface area contributed by atoms with Crippen molar-refractivity contribution in [1.29, 1.82) is 0 Å². The van der Waals surface area contributed by atoms with Crippen molar-refractivity contribution in [1.82, 2.24) is 4.90 Å². The quantitative estimate of drug-likeness (QED) is 0.611.